The van der Waals surface area contributed by atoms with E-state index in [1.54, 1.807) is 11.3 Å². The molecule has 0 aliphatic rings. The van der Waals surface area contributed by atoms with Gasteiger partial charge in [-0.05, 0) is 52.9 Å². The van der Waals surface area contributed by atoms with Gasteiger partial charge in [0.05, 0.1) is 6.42 Å². The van der Waals surface area contributed by atoms with Gasteiger partial charge >= 0.3 is 0 Å². The van der Waals surface area contributed by atoms with Crippen molar-refractivity contribution >= 4 is 22.9 Å². The molecule has 1 N–H and O–H groups in total. The second-order valence-electron chi connectivity index (χ2n) is 5.01. The first kappa shape index (κ1) is 14.8. The van der Waals surface area contributed by atoms with Gasteiger partial charge in [0.25, 0.3) is 0 Å². The van der Waals surface area contributed by atoms with E-state index in [2.05, 4.69) is 24.4 Å². The maximum atomic E-state index is 11.9. The third kappa shape index (κ3) is 4.82. The first-order valence-electron chi connectivity index (χ1n) is 7.18. The minimum Gasteiger partial charge on any atom is -0.326 e. The highest BCUT2D eigenvalue weighted by Crippen LogP contribution is 2.13. The molecule has 0 saturated heterocycles. The van der Waals surface area contributed by atoms with Crippen molar-refractivity contribution in [2.24, 2.45) is 0 Å². The Hall–Kier alpha value is -1.61. The van der Waals surface area contributed by atoms with Crippen LogP contribution in [0.4, 0.5) is 5.69 Å². The van der Waals surface area contributed by atoms with E-state index in [4.69, 9.17) is 0 Å². The van der Waals surface area contributed by atoms with E-state index in [0.29, 0.717) is 6.42 Å². The summed E-state index contributed by atoms with van der Waals surface area (Å²) in [4.78, 5) is 11.9. The lowest BCUT2D eigenvalue weighted by Crippen LogP contribution is -2.13. The van der Waals surface area contributed by atoms with Crippen molar-refractivity contribution < 1.29 is 4.79 Å². The molecule has 0 aliphatic heterocycles. The molecule has 3 heteroatoms. The molecule has 0 radical (unpaired) electrons. The van der Waals surface area contributed by atoms with E-state index in [0.717, 1.165) is 17.7 Å². The smallest absolute Gasteiger partial charge is 0.228 e. The van der Waals surface area contributed by atoms with Crippen LogP contribution in [0.15, 0.2) is 41.1 Å². The van der Waals surface area contributed by atoms with Crippen molar-refractivity contribution in [1.82, 2.24) is 0 Å². The number of hydrogen-bond donors (Lipinski definition) is 1. The Balaban J connectivity index is 1.82. The molecule has 20 heavy (non-hydrogen) atoms. The fourth-order valence-corrected chi connectivity index (χ4v) is 2.79. The number of amides is 1. The highest BCUT2D eigenvalue weighted by Gasteiger charge is 2.04. The van der Waals surface area contributed by atoms with E-state index >= 15 is 0 Å². The second kappa shape index (κ2) is 7.85. The molecule has 1 amide bonds. The van der Waals surface area contributed by atoms with Crippen LogP contribution < -0.4 is 5.32 Å². The summed E-state index contributed by atoms with van der Waals surface area (Å²) in [5.41, 5.74) is 3.29. The van der Waals surface area contributed by atoms with Crippen LogP contribution in [-0.4, -0.2) is 5.91 Å². The molecular formula is C17H21NOS. The zero-order chi connectivity index (χ0) is 14.2. The van der Waals surface area contributed by atoms with Crippen LogP contribution in [0, 0.1) is 0 Å². The van der Waals surface area contributed by atoms with Gasteiger partial charge in [0, 0.05) is 5.69 Å². The fraction of sp³-hybridized carbons (Fsp3) is 0.353. The molecular weight excluding hydrogens is 266 g/mol. The molecule has 106 valence electrons. The van der Waals surface area contributed by atoms with Crippen LogP contribution in [0.1, 0.15) is 37.3 Å². The number of rotatable bonds is 7. The monoisotopic (exact) mass is 287 g/mol. The van der Waals surface area contributed by atoms with Gasteiger partial charge in [-0.2, -0.15) is 11.3 Å². The molecule has 0 atom stereocenters. The standard InChI is InChI=1S/C17H21NOS/c1-2-3-4-5-14-6-8-16(9-7-14)18-17(19)12-15-10-11-20-13-15/h6-11,13H,2-5,12H2,1H3,(H,18,19). The Bertz CT molecular complexity index is 516. The van der Waals surface area contributed by atoms with Gasteiger partial charge < -0.3 is 5.32 Å². The molecule has 1 heterocycles. The number of aryl methyl sites for hydroxylation is 1. The highest BCUT2D eigenvalue weighted by atomic mass is 32.1. The molecule has 1 aromatic heterocycles. The maximum absolute atomic E-state index is 11.9. The van der Waals surface area contributed by atoms with Crippen molar-refractivity contribution in [3.63, 3.8) is 0 Å². The quantitative estimate of drug-likeness (QED) is 0.737. The van der Waals surface area contributed by atoms with Crippen molar-refractivity contribution in [2.45, 2.75) is 39.0 Å². The van der Waals surface area contributed by atoms with Gasteiger partial charge in [0.15, 0.2) is 0 Å². The average Bonchev–Trinajstić information content (AvgIpc) is 2.94. The summed E-state index contributed by atoms with van der Waals surface area (Å²) in [6.07, 6.45) is 5.33. The summed E-state index contributed by atoms with van der Waals surface area (Å²) in [5, 5.41) is 6.94. The van der Waals surface area contributed by atoms with E-state index in [1.165, 1.54) is 24.8 Å². The molecule has 0 unspecified atom stereocenters. The predicted molar refractivity (Wildman–Crippen MR) is 86.3 cm³/mol. The van der Waals surface area contributed by atoms with E-state index in [1.807, 2.05) is 29.0 Å². The molecule has 1 aromatic carbocycles. The van der Waals surface area contributed by atoms with E-state index < -0.39 is 0 Å². The fourth-order valence-electron chi connectivity index (χ4n) is 2.12. The number of nitrogens with one attached hydrogen (secondary N) is 1. The van der Waals surface area contributed by atoms with Gasteiger partial charge in [0.1, 0.15) is 0 Å². The van der Waals surface area contributed by atoms with Crippen LogP contribution in [0.3, 0.4) is 0 Å². The Morgan fingerprint density at radius 1 is 1.10 bits per heavy atom. The zero-order valence-electron chi connectivity index (χ0n) is 11.9. The minimum atomic E-state index is 0.0436. The van der Waals surface area contributed by atoms with Crippen molar-refractivity contribution in [1.29, 1.82) is 0 Å². The van der Waals surface area contributed by atoms with Gasteiger partial charge in [0.2, 0.25) is 5.91 Å². The predicted octanol–water partition coefficient (Wildman–Crippen LogP) is 4.66. The summed E-state index contributed by atoms with van der Waals surface area (Å²) < 4.78 is 0. The van der Waals surface area contributed by atoms with Crippen molar-refractivity contribution in [3.05, 3.63) is 52.2 Å². The largest absolute Gasteiger partial charge is 0.326 e. The molecule has 2 rings (SSSR count). The molecule has 2 aromatic rings. The Morgan fingerprint density at radius 2 is 1.90 bits per heavy atom. The van der Waals surface area contributed by atoms with Gasteiger partial charge in [-0.25, -0.2) is 0 Å². The lowest BCUT2D eigenvalue weighted by molar-refractivity contribution is -0.115. The summed E-state index contributed by atoms with van der Waals surface area (Å²) in [6, 6.07) is 10.2. The molecule has 0 aliphatic carbocycles. The number of benzene rings is 1. The minimum absolute atomic E-state index is 0.0436. The second-order valence-corrected chi connectivity index (χ2v) is 5.79. The third-order valence-electron chi connectivity index (χ3n) is 3.25. The number of anilines is 1. The number of hydrogen-bond acceptors (Lipinski definition) is 2. The summed E-state index contributed by atoms with van der Waals surface area (Å²) in [6.45, 7) is 2.21. The Morgan fingerprint density at radius 3 is 2.55 bits per heavy atom. The number of carbonyl (C=O) groups is 1. The molecule has 0 spiro atoms. The molecule has 0 bridgehead atoms. The Kier molecular flexibility index (Phi) is 5.81. The molecule has 2 nitrogen and oxygen atoms in total. The van der Waals surface area contributed by atoms with Crippen LogP contribution in [-0.2, 0) is 17.6 Å². The number of unbranched alkanes of at least 4 members (excludes halogenated alkanes) is 2. The number of carbonyl (C=O) groups excluding carboxylic acids is 1. The zero-order valence-corrected chi connectivity index (χ0v) is 12.7. The molecule has 0 fully saturated rings. The maximum Gasteiger partial charge on any atom is 0.228 e. The van der Waals surface area contributed by atoms with Gasteiger partial charge in [-0.1, -0.05) is 31.9 Å². The van der Waals surface area contributed by atoms with Gasteiger partial charge in [-0.3, -0.25) is 4.79 Å². The lowest BCUT2D eigenvalue weighted by atomic mass is 10.1. The SMILES string of the molecule is CCCCCc1ccc(NC(=O)Cc2ccsc2)cc1. The average molecular weight is 287 g/mol. The summed E-state index contributed by atoms with van der Waals surface area (Å²) in [5.74, 6) is 0.0436. The first-order valence-corrected chi connectivity index (χ1v) is 8.12. The Labute approximate surface area is 124 Å². The van der Waals surface area contributed by atoms with Crippen molar-refractivity contribution in [2.75, 3.05) is 5.32 Å². The topological polar surface area (TPSA) is 29.1 Å². The van der Waals surface area contributed by atoms with Crippen LogP contribution in [0.25, 0.3) is 0 Å². The van der Waals surface area contributed by atoms with Crippen LogP contribution in [0.5, 0.6) is 0 Å². The highest BCUT2D eigenvalue weighted by molar-refractivity contribution is 7.08. The van der Waals surface area contributed by atoms with Gasteiger partial charge in [-0.15, -0.1) is 0 Å². The molecule has 0 saturated carbocycles. The van der Waals surface area contributed by atoms with E-state index in [9.17, 15) is 4.79 Å². The lowest BCUT2D eigenvalue weighted by Gasteiger charge is -2.06. The first-order chi connectivity index (χ1) is 9.78. The van der Waals surface area contributed by atoms with Crippen molar-refractivity contribution in [3.8, 4) is 0 Å². The van der Waals surface area contributed by atoms with Crippen LogP contribution >= 0.6 is 11.3 Å². The third-order valence-corrected chi connectivity index (χ3v) is 3.98. The van der Waals surface area contributed by atoms with E-state index in [-0.39, 0.29) is 5.91 Å². The van der Waals surface area contributed by atoms with Crippen LogP contribution in [0.2, 0.25) is 0 Å². The number of thiophene rings is 1. The normalized spacial score (nSPS) is 10.4. The summed E-state index contributed by atoms with van der Waals surface area (Å²) >= 11 is 1.62. The summed E-state index contributed by atoms with van der Waals surface area (Å²) in [7, 11) is 0.